The molecule has 0 bridgehead atoms. The van der Waals surface area contributed by atoms with Crippen LogP contribution < -0.4 is 9.62 Å². The molecule has 4 rings (SSSR count). The molecule has 45 heavy (non-hydrogen) atoms. The topological polar surface area (TPSA) is 86.8 Å². The summed E-state index contributed by atoms with van der Waals surface area (Å²) in [5, 5.41) is 3.69. The van der Waals surface area contributed by atoms with Crippen molar-refractivity contribution < 1.29 is 18.0 Å². The van der Waals surface area contributed by atoms with Crippen LogP contribution in [0.5, 0.6) is 0 Å². The van der Waals surface area contributed by atoms with E-state index in [0.29, 0.717) is 17.1 Å². The average Bonchev–Trinajstić information content (AvgIpc) is 3.04. The summed E-state index contributed by atoms with van der Waals surface area (Å²) in [6.45, 7) is 1.75. The summed E-state index contributed by atoms with van der Waals surface area (Å²) in [6, 6.07) is 27.5. The van der Waals surface area contributed by atoms with Gasteiger partial charge in [-0.15, -0.1) is 0 Å². The highest BCUT2D eigenvalue weighted by atomic mass is 35.5. The van der Waals surface area contributed by atoms with E-state index in [-0.39, 0.29) is 39.5 Å². The highest BCUT2D eigenvalue weighted by Crippen LogP contribution is 2.33. The van der Waals surface area contributed by atoms with Gasteiger partial charge in [0.25, 0.3) is 10.0 Å². The van der Waals surface area contributed by atoms with E-state index in [1.54, 1.807) is 42.5 Å². The van der Waals surface area contributed by atoms with Crippen LogP contribution in [0.25, 0.3) is 0 Å². The van der Waals surface area contributed by atoms with Crippen LogP contribution in [-0.2, 0) is 32.6 Å². The average molecular weight is 687 g/mol. The molecule has 0 fully saturated rings. The second kappa shape index (κ2) is 16.1. The van der Waals surface area contributed by atoms with Crippen LogP contribution in [0.2, 0.25) is 15.1 Å². The normalized spacial score (nSPS) is 11.9. The van der Waals surface area contributed by atoms with Gasteiger partial charge in [-0.05, 0) is 53.9 Å². The number of nitrogens with zero attached hydrogens (tertiary/aromatic N) is 2. The zero-order valence-corrected chi connectivity index (χ0v) is 27.8. The Balaban J connectivity index is 1.82. The molecule has 0 unspecified atom stereocenters. The Morgan fingerprint density at radius 2 is 1.47 bits per heavy atom. The van der Waals surface area contributed by atoms with E-state index in [9.17, 15) is 18.0 Å². The van der Waals surface area contributed by atoms with Crippen molar-refractivity contribution in [2.45, 2.75) is 43.7 Å². The third-order valence-electron chi connectivity index (χ3n) is 7.19. The van der Waals surface area contributed by atoms with Crippen molar-refractivity contribution in [3.05, 3.63) is 129 Å². The molecule has 1 N–H and O–H groups in total. The van der Waals surface area contributed by atoms with Crippen LogP contribution in [0.3, 0.4) is 0 Å². The van der Waals surface area contributed by atoms with E-state index in [1.807, 2.05) is 37.3 Å². The Hall–Kier alpha value is -3.56. The van der Waals surface area contributed by atoms with Crippen molar-refractivity contribution in [1.82, 2.24) is 10.2 Å². The Kier molecular flexibility index (Phi) is 12.3. The van der Waals surface area contributed by atoms with Crippen LogP contribution in [0.1, 0.15) is 30.9 Å². The highest BCUT2D eigenvalue weighted by molar-refractivity contribution is 7.92. The second-order valence-electron chi connectivity index (χ2n) is 10.4. The summed E-state index contributed by atoms with van der Waals surface area (Å²) in [6.07, 6.45) is 1.83. The Morgan fingerprint density at radius 3 is 2.13 bits per heavy atom. The number of hydrogen-bond donors (Lipinski definition) is 1. The smallest absolute Gasteiger partial charge is 0.264 e. The second-order valence-corrected chi connectivity index (χ2v) is 13.5. The van der Waals surface area contributed by atoms with Gasteiger partial charge in [0.05, 0.1) is 15.6 Å². The number of halogens is 3. The van der Waals surface area contributed by atoms with Crippen LogP contribution in [0.15, 0.2) is 108 Å². The van der Waals surface area contributed by atoms with E-state index in [0.717, 1.165) is 22.7 Å². The summed E-state index contributed by atoms with van der Waals surface area (Å²) in [7, 11) is -4.31. The highest BCUT2D eigenvalue weighted by Gasteiger charge is 2.35. The predicted molar refractivity (Wildman–Crippen MR) is 181 cm³/mol. The molecule has 0 heterocycles. The first-order valence-electron chi connectivity index (χ1n) is 14.5. The molecule has 0 aliphatic carbocycles. The van der Waals surface area contributed by atoms with Gasteiger partial charge >= 0.3 is 0 Å². The number of carbonyl (C=O) groups excluding carboxylic acids is 2. The van der Waals surface area contributed by atoms with Crippen molar-refractivity contribution in [3.63, 3.8) is 0 Å². The third kappa shape index (κ3) is 9.01. The van der Waals surface area contributed by atoms with E-state index < -0.39 is 28.5 Å². The van der Waals surface area contributed by atoms with E-state index >= 15 is 0 Å². The molecule has 0 spiro atoms. The molecule has 236 valence electrons. The molecule has 0 aliphatic heterocycles. The number of carbonyl (C=O) groups is 2. The first-order chi connectivity index (χ1) is 21.6. The third-order valence-corrected chi connectivity index (χ3v) is 9.88. The number of benzene rings is 4. The SMILES string of the molecule is CCCCNC(=O)[C@@H](Cc1ccccc1)N(Cc1ccccc1Cl)C(=O)CN(c1cc(Cl)ccc1Cl)S(=O)(=O)c1ccccc1. The molecule has 0 aromatic heterocycles. The van der Waals surface area contributed by atoms with Crippen molar-refractivity contribution in [2.24, 2.45) is 0 Å². The van der Waals surface area contributed by atoms with Gasteiger partial charge in [-0.25, -0.2) is 8.42 Å². The Morgan fingerprint density at radius 1 is 0.822 bits per heavy atom. The van der Waals surface area contributed by atoms with Crippen molar-refractivity contribution in [1.29, 1.82) is 0 Å². The molecule has 11 heteroatoms. The number of anilines is 1. The van der Waals surface area contributed by atoms with Crippen molar-refractivity contribution in [2.75, 3.05) is 17.4 Å². The van der Waals surface area contributed by atoms with E-state index in [1.165, 1.54) is 35.2 Å². The molecule has 1 atom stereocenters. The van der Waals surface area contributed by atoms with Gasteiger partial charge in [0.15, 0.2) is 0 Å². The molecule has 0 aliphatic rings. The van der Waals surface area contributed by atoms with Gasteiger partial charge < -0.3 is 10.2 Å². The van der Waals surface area contributed by atoms with Gasteiger partial charge in [-0.3, -0.25) is 13.9 Å². The standard InChI is InChI=1S/C34H34Cl3N3O4S/c1-2-3-20-38-34(42)32(21-25-12-6-4-7-13-25)39(23-26-14-10-11-17-29(26)36)33(41)24-40(31-22-27(35)18-19-30(31)37)45(43,44)28-15-8-5-9-16-28/h4-19,22,32H,2-3,20-21,23-24H2,1H3,(H,38,42)/t32-/m1/s1. The van der Waals surface area contributed by atoms with Crippen LogP contribution in [0, 0.1) is 0 Å². The zero-order valence-electron chi connectivity index (χ0n) is 24.7. The fourth-order valence-corrected chi connectivity index (χ4v) is 6.86. The summed E-state index contributed by atoms with van der Waals surface area (Å²) < 4.78 is 29.1. The van der Waals surface area contributed by atoms with Crippen LogP contribution in [-0.4, -0.2) is 44.3 Å². The van der Waals surface area contributed by atoms with Gasteiger partial charge in [-0.1, -0.05) is 115 Å². The maximum absolute atomic E-state index is 14.5. The number of rotatable bonds is 14. The molecule has 4 aromatic carbocycles. The van der Waals surface area contributed by atoms with Crippen LogP contribution >= 0.6 is 34.8 Å². The van der Waals surface area contributed by atoms with Gasteiger partial charge in [0, 0.05) is 29.6 Å². The number of unbranched alkanes of at least 4 members (excludes halogenated alkanes) is 1. The zero-order chi connectivity index (χ0) is 32.4. The lowest BCUT2D eigenvalue weighted by molar-refractivity contribution is -0.140. The lowest BCUT2D eigenvalue weighted by atomic mass is 10.0. The molecule has 4 aromatic rings. The fourth-order valence-electron chi connectivity index (χ4n) is 4.78. The molecular formula is C34H34Cl3N3O4S. The first-order valence-corrected chi connectivity index (χ1v) is 17.1. The molecule has 2 amide bonds. The number of hydrogen-bond acceptors (Lipinski definition) is 4. The maximum Gasteiger partial charge on any atom is 0.264 e. The van der Waals surface area contributed by atoms with Crippen molar-refractivity contribution in [3.8, 4) is 0 Å². The number of amides is 2. The van der Waals surface area contributed by atoms with E-state index in [4.69, 9.17) is 34.8 Å². The minimum Gasteiger partial charge on any atom is -0.354 e. The Bertz CT molecular complexity index is 1710. The fraction of sp³-hybridized carbons (Fsp3) is 0.235. The molecule has 0 radical (unpaired) electrons. The quantitative estimate of drug-likeness (QED) is 0.140. The predicted octanol–water partition coefficient (Wildman–Crippen LogP) is 7.40. The van der Waals surface area contributed by atoms with Gasteiger partial charge in [0.1, 0.15) is 12.6 Å². The lowest BCUT2D eigenvalue weighted by Crippen LogP contribution is -2.53. The lowest BCUT2D eigenvalue weighted by Gasteiger charge is -2.34. The minimum atomic E-state index is -4.31. The Labute approximate surface area is 279 Å². The summed E-state index contributed by atoms with van der Waals surface area (Å²) in [5.74, 6) is -0.983. The monoisotopic (exact) mass is 685 g/mol. The maximum atomic E-state index is 14.5. The molecule has 0 saturated heterocycles. The minimum absolute atomic E-state index is 0.0334. The van der Waals surface area contributed by atoms with Gasteiger partial charge in [0.2, 0.25) is 11.8 Å². The van der Waals surface area contributed by atoms with Gasteiger partial charge in [-0.2, -0.15) is 0 Å². The summed E-state index contributed by atoms with van der Waals surface area (Å²) in [5.41, 5.74) is 1.47. The molecule has 0 saturated carbocycles. The molecular weight excluding hydrogens is 653 g/mol. The molecule has 7 nitrogen and oxygen atoms in total. The van der Waals surface area contributed by atoms with E-state index in [2.05, 4.69) is 5.32 Å². The van der Waals surface area contributed by atoms with Crippen LogP contribution in [0.4, 0.5) is 5.69 Å². The van der Waals surface area contributed by atoms with Crippen molar-refractivity contribution >= 4 is 62.3 Å². The largest absolute Gasteiger partial charge is 0.354 e. The number of nitrogens with one attached hydrogen (secondary N) is 1. The summed E-state index contributed by atoms with van der Waals surface area (Å²) >= 11 is 19.3. The first kappa shape index (κ1) is 34.3. The summed E-state index contributed by atoms with van der Waals surface area (Å²) in [4.78, 5) is 29.7. The number of sulfonamides is 1.